The van der Waals surface area contributed by atoms with Crippen molar-refractivity contribution < 1.29 is 0 Å². The number of hydrogen-bond donors (Lipinski definition) is 1. The molecule has 2 rings (SSSR count). The molecule has 0 aliphatic heterocycles. The quantitative estimate of drug-likeness (QED) is 0.806. The Hall–Kier alpha value is -1.34. The third-order valence-corrected chi connectivity index (χ3v) is 4.31. The summed E-state index contributed by atoms with van der Waals surface area (Å²) >= 11 is 0. The van der Waals surface area contributed by atoms with E-state index < -0.39 is 0 Å². The lowest BCUT2D eigenvalue weighted by Crippen LogP contribution is -2.35. The molecule has 2 aromatic rings. The summed E-state index contributed by atoms with van der Waals surface area (Å²) in [5.41, 5.74) is 1.46. The Labute approximate surface area is 117 Å². The number of nitrogens with one attached hydrogen (secondary N) is 1. The molecule has 0 radical (unpaired) electrons. The van der Waals surface area contributed by atoms with E-state index in [4.69, 9.17) is 0 Å². The summed E-state index contributed by atoms with van der Waals surface area (Å²) in [5, 5.41) is 6.26. The van der Waals surface area contributed by atoms with Crippen molar-refractivity contribution >= 4 is 10.8 Å². The summed E-state index contributed by atoms with van der Waals surface area (Å²) in [4.78, 5) is 0. The second kappa shape index (κ2) is 6.72. The molecule has 0 aliphatic carbocycles. The van der Waals surface area contributed by atoms with Gasteiger partial charge in [0.2, 0.25) is 0 Å². The Kier molecular flexibility index (Phi) is 4.98. The molecular formula is C18H25N. The first-order valence-corrected chi connectivity index (χ1v) is 7.44. The predicted octanol–water partition coefficient (Wildman–Crippen LogP) is 4.41. The minimum Gasteiger partial charge on any atom is -0.316 e. The van der Waals surface area contributed by atoms with E-state index in [1.165, 1.54) is 29.2 Å². The third-order valence-electron chi connectivity index (χ3n) is 4.31. The van der Waals surface area contributed by atoms with Crippen LogP contribution in [-0.2, 0) is 6.42 Å². The molecule has 1 nitrogen and oxygen atoms in total. The Morgan fingerprint density at radius 1 is 0.947 bits per heavy atom. The number of hydrogen-bond acceptors (Lipinski definition) is 1. The van der Waals surface area contributed by atoms with Crippen LogP contribution in [0.15, 0.2) is 42.5 Å². The summed E-state index contributed by atoms with van der Waals surface area (Å²) in [6.45, 7) is 4.59. The largest absolute Gasteiger partial charge is 0.316 e. The fourth-order valence-electron chi connectivity index (χ4n) is 3.07. The third kappa shape index (κ3) is 3.16. The van der Waals surface area contributed by atoms with Gasteiger partial charge in [0.15, 0.2) is 0 Å². The maximum Gasteiger partial charge on any atom is 0.0133 e. The highest BCUT2D eigenvalue weighted by Crippen LogP contribution is 2.23. The second-order valence-corrected chi connectivity index (χ2v) is 5.31. The minimum atomic E-state index is 0.570. The van der Waals surface area contributed by atoms with Gasteiger partial charge in [-0.2, -0.15) is 0 Å². The molecule has 1 atom stereocenters. The average molecular weight is 255 g/mol. The van der Waals surface area contributed by atoms with Crippen molar-refractivity contribution in [2.75, 3.05) is 7.05 Å². The van der Waals surface area contributed by atoms with E-state index >= 15 is 0 Å². The zero-order valence-electron chi connectivity index (χ0n) is 12.3. The molecule has 0 aliphatic rings. The van der Waals surface area contributed by atoms with Crippen molar-refractivity contribution in [2.45, 2.75) is 39.2 Å². The lowest BCUT2D eigenvalue weighted by Gasteiger charge is -2.25. The van der Waals surface area contributed by atoms with E-state index in [1.54, 1.807) is 0 Å². The molecule has 0 saturated heterocycles. The Morgan fingerprint density at radius 2 is 1.63 bits per heavy atom. The van der Waals surface area contributed by atoms with E-state index in [0.717, 1.165) is 12.3 Å². The van der Waals surface area contributed by atoms with Crippen molar-refractivity contribution in [3.05, 3.63) is 48.0 Å². The highest BCUT2D eigenvalue weighted by Gasteiger charge is 2.17. The molecule has 102 valence electrons. The smallest absolute Gasteiger partial charge is 0.0133 e. The van der Waals surface area contributed by atoms with Crippen molar-refractivity contribution in [3.8, 4) is 0 Å². The molecule has 1 unspecified atom stereocenters. The van der Waals surface area contributed by atoms with Crippen LogP contribution in [-0.4, -0.2) is 13.1 Å². The monoisotopic (exact) mass is 255 g/mol. The molecular weight excluding hydrogens is 230 g/mol. The number of benzene rings is 2. The van der Waals surface area contributed by atoms with Gasteiger partial charge in [0.1, 0.15) is 0 Å². The molecule has 0 heterocycles. The van der Waals surface area contributed by atoms with Gasteiger partial charge >= 0.3 is 0 Å². The summed E-state index contributed by atoms with van der Waals surface area (Å²) in [6.07, 6.45) is 3.60. The second-order valence-electron chi connectivity index (χ2n) is 5.31. The zero-order chi connectivity index (χ0) is 13.7. The standard InChI is InChI=1S/C18H25N/c1-4-14(5-2)18(19-3)13-16-11-8-10-15-9-6-7-12-17(15)16/h6-12,14,18-19H,4-5,13H2,1-3H3. The molecule has 1 heteroatoms. The van der Waals surface area contributed by atoms with Gasteiger partial charge in [0.05, 0.1) is 0 Å². The molecule has 19 heavy (non-hydrogen) atoms. The molecule has 1 N–H and O–H groups in total. The van der Waals surface area contributed by atoms with Gasteiger partial charge in [0, 0.05) is 6.04 Å². The first kappa shape index (κ1) is 14.1. The topological polar surface area (TPSA) is 12.0 Å². The van der Waals surface area contributed by atoms with Gasteiger partial charge in [-0.25, -0.2) is 0 Å². The van der Waals surface area contributed by atoms with Crippen LogP contribution in [0.1, 0.15) is 32.3 Å². The summed E-state index contributed by atoms with van der Waals surface area (Å²) in [6, 6.07) is 15.9. The summed E-state index contributed by atoms with van der Waals surface area (Å²) < 4.78 is 0. The van der Waals surface area contributed by atoms with Crippen molar-refractivity contribution in [3.63, 3.8) is 0 Å². The molecule has 0 saturated carbocycles. The molecule has 0 aromatic heterocycles. The van der Waals surface area contributed by atoms with Crippen molar-refractivity contribution in [2.24, 2.45) is 5.92 Å². The summed E-state index contributed by atoms with van der Waals surface area (Å²) in [7, 11) is 2.09. The molecule has 2 aromatic carbocycles. The van der Waals surface area contributed by atoms with Gasteiger partial charge in [-0.1, -0.05) is 69.2 Å². The fourth-order valence-corrected chi connectivity index (χ4v) is 3.07. The van der Waals surface area contributed by atoms with Crippen LogP contribution in [0.4, 0.5) is 0 Å². The van der Waals surface area contributed by atoms with Crippen LogP contribution < -0.4 is 5.32 Å². The molecule has 0 fully saturated rings. The van der Waals surface area contributed by atoms with Crippen molar-refractivity contribution in [1.29, 1.82) is 0 Å². The Morgan fingerprint density at radius 3 is 2.32 bits per heavy atom. The Bertz CT molecular complexity index is 509. The van der Waals surface area contributed by atoms with Crippen LogP contribution in [0.25, 0.3) is 10.8 Å². The van der Waals surface area contributed by atoms with Crippen LogP contribution in [0.2, 0.25) is 0 Å². The minimum absolute atomic E-state index is 0.570. The van der Waals surface area contributed by atoms with Crippen LogP contribution in [0, 0.1) is 5.92 Å². The van der Waals surface area contributed by atoms with Crippen LogP contribution in [0.3, 0.4) is 0 Å². The van der Waals surface area contributed by atoms with E-state index in [0.29, 0.717) is 6.04 Å². The molecule has 0 amide bonds. The van der Waals surface area contributed by atoms with E-state index in [1.807, 2.05) is 0 Å². The molecule has 0 bridgehead atoms. The average Bonchev–Trinajstić information content (AvgIpc) is 2.47. The van der Waals surface area contributed by atoms with Crippen LogP contribution in [0.5, 0.6) is 0 Å². The van der Waals surface area contributed by atoms with Gasteiger partial charge in [-0.15, -0.1) is 0 Å². The predicted molar refractivity (Wildman–Crippen MR) is 84.6 cm³/mol. The van der Waals surface area contributed by atoms with Crippen LogP contribution >= 0.6 is 0 Å². The van der Waals surface area contributed by atoms with E-state index in [2.05, 4.69) is 68.7 Å². The van der Waals surface area contributed by atoms with Gasteiger partial charge in [-0.3, -0.25) is 0 Å². The van der Waals surface area contributed by atoms with E-state index in [-0.39, 0.29) is 0 Å². The van der Waals surface area contributed by atoms with Gasteiger partial charge < -0.3 is 5.32 Å². The highest BCUT2D eigenvalue weighted by atomic mass is 14.9. The van der Waals surface area contributed by atoms with Gasteiger partial charge in [0.25, 0.3) is 0 Å². The first-order valence-electron chi connectivity index (χ1n) is 7.44. The Balaban J connectivity index is 2.29. The lowest BCUT2D eigenvalue weighted by molar-refractivity contribution is 0.349. The maximum atomic E-state index is 3.52. The summed E-state index contributed by atoms with van der Waals surface area (Å²) in [5.74, 6) is 0.754. The lowest BCUT2D eigenvalue weighted by atomic mass is 9.88. The van der Waals surface area contributed by atoms with E-state index in [9.17, 15) is 0 Å². The number of fused-ring (bicyclic) bond motifs is 1. The normalized spacial score (nSPS) is 13.1. The fraction of sp³-hybridized carbons (Fsp3) is 0.444. The maximum absolute atomic E-state index is 3.52. The highest BCUT2D eigenvalue weighted by molar-refractivity contribution is 5.85. The number of rotatable bonds is 6. The SMILES string of the molecule is CCC(CC)C(Cc1cccc2ccccc12)NC. The number of likely N-dealkylation sites (N-methyl/N-ethyl adjacent to an activating group) is 1. The first-order chi connectivity index (χ1) is 9.30. The molecule has 0 spiro atoms. The van der Waals surface area contributed by atoms with Crippen molar-refractivity contribution in [1.82, 2.24) is 5.32 Å². The van der Waals surface area contributed by atoms with Gasteiger partial charge in [-0.05, 0) is 35.7 Å². The zero-order valence-corrected chi connectivity index (χ0v) is 12.3.